The normalized spacial score (nSPS) is 14.5. The zero-order chi connectivity index (χ0) is 77.4. The smallest absolute Gasteiger partial charge is 0.163 e. The summed E-state index contributed by atoms with van der Waals surface area (Å²) in [5.41, 5.74) is 19.3. The van der Waals surface area contributed by atoms with Crippen LogP contribution in [0.1, 0.15) is 157 Å². The Bertz CT molecular complexity index is 5820. The third-order valence-electron chi connectivity index (χ3n) is 21.1. The van der Waals surface area contributed by atoms with E-state index in [0.717, 1.165) is 203 Å². The van der Waals surface area contributed by atoms with Crippen LogP contribution < -0.4 is 23.7 Å². The Morgan fingerprint density at radius 2 is 0.809 bits per heavy atom. The summed E-state index contributed by atoms with van der Waals surface area (Å²) in [6.07, 6.45) is 11.9. The van der Waals surface area contributed by atoms with E-state index in [9.17, 15) is 14.4 Å². The van der Waals surface area contributed by atoms with E-state index < -0.39 is 35.1 Å². The van der Waals surface area contributed by atoms with Gasteiger partial charge in [-0.1, -0.05) is 66.7 Å². The van der Waals surface area contributed by atoms with E-state index >= 15 is 0 Å². The highest BCUT2D eigenvalue weighted by Gasteiger charge is 2.38. The summed E-state index contributed by atoms with van der Waals surface area (Å²) in [6, 6.07) is 41.4. The fraction of sp³-hybridized carbons (Fsp3) is 0.319. The first-order chi connectivity index (χ1) is 52.7. The van der Waals surface area contributed by atoms with Crippen molar-refractivity contribution in [1.82, 2.24) is 24.9 Å². The van der Waals surface area contributed by atoms with E-state index in [4.69, 9.17) is 52.8 Å². The Balaban J connectivity index is 0.000000131. The van der Waals surface area contributed by atoms with Gasteiger partial charge in [-0.25, -0.2) is 9.97 Å². The monoisotopic (exact) mass is 1470 g/mol. The first kappa shape index (κ1) is 74.4. The summed E-state index contributed by atoms with van der Waals surface area (Å²) in [5.74, 6) is 4.07. The SMILES string of the molecule is CC(=O)[C@@H](OC(C)(C)C)c1c(C)cc2c(C)c(-c3cncnc3)ccc2c1-c1ccc2c3c(ccnc13)CCO2.CC(=O)[C@@H](OC(C)(C)C)c1c2c(c3ccccc3c1-c1ccc3c4c(ccnc14)CCO3)OCC2.COc1c(C)c([C@H](OC(C)(C)C)C(C)=O)c(-c2ccc3c4c(ccnc24)CCO3)c2ccccc12. The van der Waals surface area contributed by atoms with Gasteiger partial charge in [-0.15, -0.1) is 0 Å². The van der Waals surface area contributed by atoms with Gasteiger partial charge in [0.25, 0.3) is 0 Å². The zero-order valence-electron chi connectivity index (χ0n) is 65.6. The molecule has 13 aromatic rings. The van der Waals surface area contributed by atoms with Crippen LogP contribution in [0.25, 0.3) is 110 Å². The molecular formula is C94H93N5O11. The predicted molar refractivity (Wildman–Crippen MR) is 435 cm³/mol. The molecule has 8 heterocycles. The number of aromatic nitrogens is 5. The maximum absolute atomic E-state index is 13.3. The number of benzene rings is 9. The van der Waals surface area contributed by atoms with E-state index in [0.29, 0.717) is 26.4 Å². The molecule has 0 fully saturated rings. The second kappa shape index (κ2) is 29.4. The summed E-state index contributed by atoms with van der Waals surface area (Å²) in [4.78, 5) is 62.6. The number of hydrogen-bond donors (Lipinski definition) is 0. The molecular weight excluding hydrogens is 1380 g/mol. The Labute approximate surface area is 641 Å². The van der Waals surface area contributed by atoms with Crippen LogP contribution in [0.4, 0.5) is 0 Å². The molecule has 0 saturated heterocycles. The van der Waals surface area contributed by atoms with Crippen LogP contribution in [0, 0.1) is 20.8 Å². The van der Waals surface area contributed by atoms with Gasteiger partial charge in [0, 0.05) is 123 Å². The molecule has 16 nitrogen and oxygen atoms in total. The lowest BCUT2D eigenvalue weighted by Crippen LogP contribution is -2.27. The van der Waals surface area contributed by atoms with Crippen molar-refractivity contribution in [3.63, 3.8) is 0 Å². The number of ether oxygens (including phenoxy) is 8. The van der Waals surface area contributed by atoms with E-state index in [2.05, 4.69) is 103 Å². The molecule has 0 N–H and O–H groups in total. The molecule has 9 aromatic carbocycles. The van der Waals surface area contributed by atoms with E-state index in [1.807, 2.05) is 143 Å². The summed E-state index contributed by atoms with van der Waals surface area (Å²) < 4.78 is 49.4. The Morgan fingerprint density at radius 1 is 0.418 bits per heavy atom. The number of pyridine rings is 3. The third kappa shape index (κ3) is 13.8. The van der Waals surface area contributed by atoms with Crippen molar-refractivity contribution in [2.75, 3.05) is 33.5 Å². The molecule has 3 atom stereocenters. The van der Waals surface area contributed by atoms with Crippen molar-refractivity contribution in [2.24, 2.45) is 0 Å². The van der Waals surface area contributed by atoms with Gasteiger partial charge in [0.2, 0.25) is 0 Å². The van der Waals surface area contributed by atoms with Crippen LogP contribution in [-0.2, 0) is 54.3 Å². The standard InChI is InChI=1S/C34H33N3O3.C30H29NO4.C30H31NO4/c1-19-15-27-20(2)24(23-16-35-18-36-17-23)7-8-25(27)31(29(19)33(21(3)38)40-34(4,5)6)26-9-10-28-30-22(12-14-39-28)11-13-37-32(26)30;1-17(32)28(35-30(2,3)4)26-22-13-16-34-29(22)20-8-6-5-7-19(20)25(26)21-9-10-23-24-18(12-15-33-23)11-14-31-27(21)24;1-17-24(29(18(2)32)35-30(3,4)5)26(20-9-7-8-10-21(20)28(17)33-6)22-11-12-23-25-19(14-16-34-23)13-15-31-27(22)25/h7-11,13,15-18,33H,12,14H2,1-6H3;5-11,14,28H,12-13,15-16H2,1-4H3;7-13,15,29H,14,16H2,1-6H3/t33-;28-;29-/m111/s1. The molecule has 4 aromatic heterocycles. The predicted octanol–water partition coefficient (Wildman–Crippen LogP) is 20.6. The number of rotatable bonds is 14. The average Bonchev–Trinajstić information content (AvgIpc) is 1.06. The molecule has 0 saturated carbocycles. The van der Waals surface area contributed by atoms with Crippen molar-refractivity contribution in [3.8, 4) is 73.3 Å². The van der Waals surface area contributed by atoms with Crippen LogP contribution in [0.2, 0.25) is 0 Å². The minimum atomic E-state index is -0.759. The quantitative estimate of drug-likeness (QED) is 0.0998. The summed E-state index contributed by atoms with van der Waals surface area (Å²) in [7, 11) is 1.67. The van der Waals surface area contributed by atoms with Gasteiger partial charge in [0.05, 0.1) is 66.9 Å². The average molecular weight is 1470 g/mol. The van der Waals surface area contributed by atoms with Crippen molar-refractivity contribution in [1.29, 1.82) is 0 Å². The third-order valence-corrected chi connectivity index (χ3v) is 21.1. The number of methoxy groups -OCH3 is 1. The van der Waals surface area contributed by atoms with Gasteiger partial charge in [-0.05, 0) is 241 Å². The van der Waals surface area contributed by atoms with Crippen molar-refractivity contribution < 1.29 is 52.3 Å². The van der Waals surface area contributed by atoms with Gasteiger partial charge in [-0.2, -0.15) is 0 Å². The lowest BCUT2D eigenvalue weighted by atomic mass is 9.83. The van der Waals surface area contributed by atoms with E-state index in [1.54, 1.807) is 34.2 Å². The van der Waals surface area contributed by atoms with Crippen molar-refractivity contribution in [3.05, 3.63) is 214 Å². The van der Waals surface area contributed by atoms with E-state index in [-0.39, 0.29) is 17.3 Å². The Morgan fingerprint density at radius 3 is 1.26 bits per heavy atom. The Kier molecular flexibility index (Phi) is 19.9. The van der Waals surface area contributed by atoms with Crippen LogP contribution in [0.3, 0.4) is 0 Å². The molecule has 0 aliphatic carbocycles. The molecule has 16 heteroatoms. The first-order valence-electron chi connectivity index (χ1n) is 38.0. The fourth-order valence-electron chi connectivity index (χ4n) is 16.7. The number of Topliss-reactive ketones (excluding diaryl/α,β-unsaturated/α-hetero) is 3. The minimum Gasteiger partial charge on any atom is -0.496 e. The number of aryl methyl sites for hydroxylation is 2. The highest BCUT2D eigenvalue weighted by Crippen LogP contribution is 2.53. The molecule has 0 unspecified atom stereocenters. The second-order valence-corrected chi connectivity index (χ2v) is 32.0. The summed E-state index contributed by atoms with van der Waals surface area (Å²) in [5, 5.41) is 9.34. The van der Waals surface area contributed by atoms with Crippen LogP contribution >= 0.6 is 0 Å². The van der Waals surface area contributed by atoms with Crippen molar-refractivity contribution in [2.45, 2.75) is 165 Å². The maximum Gasteiger partial charge on any atom is 0.163 e. The molecule has 4 aliphatic rings. The molecule has 17 rings (SSSR count). The molecule has 0 spiro atoms. The lowest BCUT2D eigenvalue weighted by molar-refractivity contribution is -0.139. The van der Waals surface area contributed by atoms with Gasteiger partial charge in [0.15, 0.2) is 17.3 Å². The fourth-order valence-corrected chi connectivity index (χ4v) is 16.7. The van der Waals surface area contributed by atoms with Gasteiger partial charge >= 0.3 is 0 Å². The number of hydrogen-bond acceptors (Lipinski definition) is 16. The van der Waals surface area contributed by atoms with Crippen LogP contribution in [0.15, 0.2) is 159 Å². The lowest BCUT2D eigenvalue weighted by Gasteiger charge is -2.30. The number of fused-ring (bicyclic) bond motifs is 5. The minimum absolute atomic E-state index is 0.0235. The highest BCUT2D eigenvalue weighted by atomic mass is 16.5. The maximum atomic E-state index is 13.3. The van der Waals surface area contributed by atoms with Crippen LogP contribution in [0.5, 0.6) is 28.7 Å². The number of carbonyl (C=O) groups is 3. The largest absolute Gasteiger partial charge is 0.496 e. The molecule has 0 bridgehead atoms. The summed E-state index contributed by atoms with van der Waals surface area (Å²) in [6.45, 7) is 31.4. The Hall–Kier alpha value is -11.0. The zero-order valence-corrected chi connectivity index (χ0v) is 65.6. The first-order valence-corrected chi connectivity index (χ1v) is 38.0. The molecule has 4 aliphatic heterocycles. The topological polar surface area (TPSA) is 189 Å². The van der Waals surface area contributed by atoms with Crippen LogP contribution in [-0.4, -0.2) is 92.6 Å². The van der Waals surface area contributed by atoms with Crippen molar-refractivity contribution >= 4 is 82.4 Å². The molecule has 560 valence electrons. The molecule has 110 heavy (non-hydrogen) atoms. The van der Waals surface area contributed by atoms with Gasteiger partial charge < -0.3 is 37.9 Å². The molecule has 0 radical (unpaired) electrons. The molecule has 0 amide bonds. The number of nitrogens with zero attached hydrogens (tertiary/aromatic N) is 5. The van der Waals surface area contributed by atoms with Gasteiger partial charge in [-0.3, -0.25) is 29.3 Å². The summed E-state index contributed by atoms with van der Waals surface area (Å²) >= 11 is 0. The highest BCUT2D eigenvalue weighted by molar-refractivity contribution is 6.14. The second-order valence-electron chi connectivity index (χ2n) is 32.0. The van der Waals surface area contributed by atoms with E-state index in [1.165, 1.54) is 16.7 Å². The number of ketones is 3. The van der Waals surface area contributed by atoms with Gasteiger partial charge in [0.1, 0.15) is 53.4 Å². The number of carbonyl (C=O) groups excluding carboxylic acids is 3.